The van der Waals surface area contributed by atoms with Crippen LogP contribution in [0.25, 0.3) is 5.57 Å². The second-order valence-electron chi connectivity index (χ2n) is 3.55. The molecule has 0 fully saturated rings. The first kappa shape index (κ1) is 9.74. The van der Waals surface area contributed by atoms with E-state index in [1.54, 1.807) is 0 Å². The van der Waals surface area contributed by atoms with Crippen LogP contribution in [0, 0.1) is 0 Å². The summed E-state index contributed by atoms with van der Waals surface area (Å²) < 4.78 is -0.752. The summed E-state index contributed by atoms with van der Waals surface area (Å²) in [5.74, 6) is 0. The monoisotopic (exact) mass is 198 g/mol. The first-order valence-corrected chi connectivity index (χ1v) is 5.21. The van der Waals surface area contributed by atoms with Crippen molar-refractivity contribution in [3.05, 3.63) is 54.1 Å². The summed E-state index contributed by atoms with van der Waals surface area (Å²) in [6.07, 6.45) is 6.49. The molecule has 0 spiro atoms. The van der Waals surface area contributed by atoms with Crippen LogP contribution in [0.4, 0.5) is 0 Å². The molecule has 1 N–H and O–H groups in total. The van der Waals surface area contributed by atoms with Crippen LogP contribution >= 0.6 is 0 Å². The molecule has 1 atom stereocenters. The van der Waals surface area contributed by atoms with Crippen LogP contribution in [0.1, 0.15) is 12.0 Å². The predicted molar refractivity (Wildman–Crippen MR) is 58.9 cm³/mol. The fraction of sp³-hybridized carbons (Fsp3) is 0.167. The zero-order chi connectivity index (χ0) is 10.0. The van der Waals surface area contributed by atoms with E-state index in [2.05, 4.69) is 34.5 Å². The van der Waals surface area contributed by atoms with E-state index in [0.29, 0.717) is 6.42 Å². The molecule has 2 heteroatoms. The Kier molecular flexibility index (Phi) is 2.61. The van der Waals surface area contributed by atoms with Gasteiger partial charge in [-0.2, -0.15) is 0 Å². The van der Waals surface area contributed by atoms with Crippen molar-refractivity contribution in [1.82, 2.24) is 0 Å². The van der Waals surface area contributed by atoms with Crippen molar-refractivity contribution in [2.24, 2.45) is 0 Å². The first-order valence-electron chi connectivity index (χ1n) is 4.63. The average molecular weight is 198 g/mol. The van der Waals surface area contributed by atoms with Crippen LogP contribution in [-0.2, 0) is 0 Å². The molecule has 0 saturated heterocycles. The van der Waals surface area contributed by atoms with Gasteiger partial charge < -0.3 is 0 Å². The van der Waals surface area contributed by atoms with Crippen LogP contribution in [-0.4, -0.2) is 25.9 Å². The Balaban J connectivity index is 2.25. The van der Waals surface area contributed by atoms with E-state index < -0.39 is 4.46 Å². The van der Waals surface area contributed by atoms with Gasteiger partial charge in [-0.3, -0.25) is 0 Å². The molecule has 1 aliphatic rings. The Bertz CT molecular complexity index is 377. The molecule has 0 bridgehead atoms. The molecule has 1 nitrogen and oxygen atoms in total. The van der Waals surface area contributed by atoms with E-state index >= 15 is 0 Å². The molecule has 1 unspecified atom stereocenters. The van der Waals surface area contributed by atoms with Crippen molar-refractivity contribution in [3.8, 4) is 0 Å². The Labute approximate surface area is 92.2 Å². The van der Waals surface area contributed by atoms with Crippen LogP contribution in [0.3, 0.4) is 0 Å². The number of allylic oxidation sites excluding steroid dienone is 2. The van der Waals surface area contributed by atoms with Gasteiger partial charge in [-0.25, -0.2) is 0 Å². The van der Waals surface area contributed by atoms with Gasteiger partial charge in [0.1, 0.15) is 0 Å². The van der Waals surface area contributed by atoms with Gasteiger partial charge in [0.2, 0.25) is 0 Å². The van der Waals surface area contributed by atoms with E-state index in [1.807, 2.05) is 30.4 Å². The summed E-state index contributed by atoms with van der Waals surface area (Å²) >= 11 is 2.44. The minimum atomic E-state index is -0.752. The Hall–Kier alpha value is -0.808. The third-order valence-electron chi connectivity index (χ3n) is 2.31. The average Bonchev–Trinajstić information content (AvgIpc) is 2.19. The topological polar surface area (TPSA) is 20.2 Å². The van der Waals surface area contributed by atoms with E-state index in [1.165, 1.54) is 11.1 Å². The molecule has 1 aromatic rings. The van der Waals surface area contributed by atoms with Gasteiger partial charge in [-0.1, -0.05) is 0 Å². The maximum absolute atomic E-state index is 9.67. The normalized spacial score (nSPS) is 26.1. The third-order valence-corrected chi connectivity index (χ3v) is 2.74. The Morgan fingerprint density at radius 2 is 1.93 bits per heavy atom. The van der Waals surface area contributed by atoms with E-state index in [9.17, 15) is 5.11 Å². The molecule has 0 amide bonds. The molecule has 0 aromatic heterocycles. The van der Waals surface area contributed by atoms with Crippen LogP contribution in [0.2, 0.25) is 0 Å². The van der Waals surface area contributed by atoms with Gasteiger partial charge in [0, 0.05) is 0 Å². The minimum absolute atomic E-state index is 0.651. The first-order chi connectivity index (χ1) is 6.67. The van der Waals surface area contributed by atoms with Crippen molar-refractivity contribution in [1.29, 1.82) is 0 Å². The molecule has 2 rings (SSSR count). The van der Waals surface area contributed by atoms with Gasteiger partial charge in [0.05, 0.1) is 0 Å². The molecular weight excluding hydrogens is 187 g/mol. The summed E-state index contributed by atoms with van der Waals surface area (Å²) in [6.45, 7) is 0. The molecular formula is C12H11AlO+2. The zero-order valence-corrected chi connectivity index (χ0v) is 9.01. The van der Waals surface area contributed by atoms with Crippen molar-refractivity contribution in [2.75, 3.05) is 0 Å². The zero-order valence-electron chi connectivity index (χ0n) is 7.85. The van der Waals surface area contributed by atoms with Crippen LogP contribution in [0.5, 0.6) is 0 Å². The van der Waals surface area contributed by atoms with Gasteiger partial charge in [-0.05, 0) is 0 Å². The summed E-state index contributed by atoms with van der Waals surface area (Å²) in [5.41, 5.74) is 2.38. The number of hydrogen-bond donors (Lipinski definition) is 1. The maximum atomic E-state index is 9.67. The summed E-state index contributed by atoms with van der Waals surface area (Å²) in [6, 6.07) is 10.2. The second kappa shape index (κ2) is 3.75. The van der Waals surface area contributed by atoms with E-state index in [4.69, 9.17) is 0 Å². The second-order valence-corrected chi connectivity index (χ2v) is 4.55. The molecule has 14 heavy (non-hydrogen) atoms. The molecule has 0 heterocycles. The van der Waals surface area contributed by atoms with Gasteiger partial charge in [0.25, 0.3) is 0 Å². The van der Waals surface area contributed by atoms with E-state index in [-0.39, 0.29) is 0 Å². The molecule has 66 valence electrons. The van der Waals surface area contributed by atoms with E-state index in [0.717, 1.165) is 0 Å². The molecule has 0 radical (unpaired) electrons. The molecule has 1 aromatic carbocycles. The number of benzene rings is 1. The number of aliphatic hydroxyl groups is 1. The summed E-state index contributed by atoms with van der Waals surface area (Å²) in [5, 5.41) is 9.67. The van der Waals surface area contributed by atoms with Crippen LogP contribution in [0.15, 0.2) is 48.6 Å². The Morgan fingerprint density at radius 1 is 1.21 bits per heavy atom. The molecule has 0 saturated carbocycles. The fourth-order valence-electron chi connectivity index (χ4n) is 1.49. The van der Waals surface area contributed by atoms with Crippen molar-refractivity contribution in [2.45, 2.75) is 10.9 Å². The predicted octanol–water partition coefficient (Wildman–Crippen LogP) is 1.89. The van der Waals surface area contributed by atoms with Gasteiger partial charge in [-0.15, -0.1) is 0 Å². The number of hydrogen-bond acceptors (Lipinski definition) is 1. The standard InChI is InChI=1S/C12H11O.Al/c13-12-8-6-11(7-9-12)10-4-2-1-3-5-10;/h1-8,13H,9H2;/q;+2. The SMILES string of the molecule is O[C]1([Al+2])C=CC(c2ccccc2)=CC1. The fourth-order valence-corrected chi connectivity index (χ4v) is 1.70. The Morgan fingerprint density at radius 3 is 2.50 bits per heavy atom. The van der Waals surface area contributed by atoms with Crippen molar-refractivity contribution in [3.63, 3.8) is 0 Å². The quantitative estimate of drug-likeness (QED) is 0.683. The summed E-state index contributed by atoms with van der Waals surface area (Å²) in [7, 11) is 0. The number of rotatable bonds is 1. The van der Waals surface area contributed by atoms with Gasteiger partial charge >= 0.3 is 92.0 Å². The van der Waals surface area contributed by atoms with Crippen LogP contribution < -0.4 is 0 Å². The van der Waals surface area contributed by atoms with Crippen molar-refractivity contribution < 1.29 is 5.11 Å². The van der Waals surface area contributed by atoms with Gasteiger partial charge in [0.15, 0.2) is 0 Å². The molecule has 1 aliphatic carbocycles. The third kappa shape index (κ3) is 2.16. The molecule has 0 aliphatic heterocycles. The van der Waals surface area contributed by atoms with Crippen molar-refractivity contribution >= 4 is 21.9 Å². The summed E-state index contributed by atoms with van der Waals surface area (Å²) in [4.78, 5) is 0.